The molecule has 5 nitrogen and oxygen atoms in total. The summed E-state index contributed by atoms with van der Waals surface area (Å²) in [5.41, 5.74) is 2.17. The fraction of sp³-hybridized carbons (Fsp3) is 0.167. The topological polar surface area (TPSA) is 82.9 Å². The van der Waals surface area contributed by atoms with Crippen LogP contribution in [0.2, 0.25) is 0 Å². The molecule has 1 heterocycles. The first-order chi connectivity index (χ1) is 11.8. The number of aromatic nitrogens is 2. The second kappa shape index (κ2) is 7.77. The zero-order valence-electron chi connectivity index (χ0n) is 12.8. The zero-order valence-corrected chi connectivity index (χ0v) is 13.6. The van der Waals surface area contributed by atoms with E-state index >= 15 is 0 Å². The average molecular weight is 337 g/mol. The van der Waals surface area contributed by atoms with E-state index in [1.165, 1.54) is 11.8 Å². The Morgan fingerprint density at radius 2 is 1.96 bits per heavy atom. The molecule has 6 heteroatoms. The van der Waals surface area contributed by atoms with Gasteiger partial charge < -0.3 is 9.52 Å². The van der Waals surface area contributed by atoms with Crippen molar-refractivity contribution in [2.75, 3.05) is 5.75 Å². The van der Waals surface area contributed by atoms with Gasteiger partial charge in [-0.2, -0.15) is 5.26 Å². The standard InChI is InChI=1S/C18H15N3O2S/c19-10-13-5-4-8-15(9-13)18-21-20-17(23-18)12-24-11-16(22)14-6-2-1-3-7-14/h1-9,16,22H,11-12H2. The van der Waals surface area contributed by atoms with Crippen LogP contribution in [0.5, 0.6) is 0 Å². The van der Waals surface area contributed by atoms with Gasteiger partial charge in [-0.05, 0) is 23.8 Å². The molecule has 120 valence electrons. The van der Waals surface area contributed by atoms with E-state index in [1.807, 2.05) is 36.4 Å². The van der Waals surface area contributed by atoms with Gasteiger partial charge in [0.2, 0.25) is 11.8 Å². The normalized spacial score (nSPS) is 11.8. The number of hydrogen-bond acceptors (Lipinski definition) is 6. The van der Waals surface area contributed by atoms with Crippen LogP contribution in [0.25, 0.3) is 11.5 Å². The number of nitriles is 1. The smallest absolute Gasteiger partial charge is 0.247 e. The highest BCUT2D eigenvalue weighted by atomic mass is 32.2. The molecule has 0 aliphatic carbocycles. The number of hydrogen-bond donors (Lipinski definition) is 1. The summed E-state index contributed by atoms with van der Waals surface area (Å²) in [7, 11) is 0. The summed E-state index contributed by atoms with van der Waals surface area (Å²) in [4.78, 5) is 0. The van der Waals surface area contributed by atoms with E-state index in [2.05, 4.69) is 16.3 Å². The highest BCUT2D eigenvalue weighted by Crippen LogP contribution is 2.23. The Labute approximate surface area is 144 Å². The molecule has 0 radical (unpaired) electrons. The largest absolute Gasteiger partial charge is 0.420 e. The number of benzene rings is 2. The van der Waals surface area contributed by atoms with E-state index in [1.54, 1.807) is 18.2 Å². The van der Waals surface area contributed by atoms with Gasteiger partial charge in [0.15, 0.2) is 0 Å². The van der Waals surface area contributed by atoms with Crippen LogP contribution in [0.15, 0.2) is 59.0 Å². The maximum Gasteiger partial charge on any atom is 0.247 e. The van der Waals surface area contributed by atoms with E-state index in [-0.39, 0.29) is 0 Å². The van der Waals surface area contributed by atoms with Crippen LogP contribution in [0.4, 0.5) is 0 Å². The average Bonchev–Trinajstić information content (AvgIpc) is 3.11. The molecule has 0 bridgehead atoms. The summed E-state index contributed by atoms with van der Waals surface area (Å²) in [6.07, 6.45) is -0.522. The van der Waals surface area contributed by atoms with Crippen LogP contribution < -0.4 is 0 Å². The van der Waals surface area contributed by atoms with Gasteiger partial charge in [-0.15, -0.1) is 22.0 Å². The monoisotopic (exact) mass is 337 g/mol. The first-order valence-electron chi connectivity index (χ1n) is 7.40. The summed E-state index contributed by atoms with van der Waals surface area (Å²) in [6, 6.07) is 18.7. The van der Waals surface area contributed by atoms with Gasteiger partial charge in [-0.1, -0.05) is 36.4 Å². The van der Waals surface area contributed by atoms with Gasteiger partial charge >= 0.3 is 0 Å². The molecule has 2 aromatic carbocycles. The Hall–Kier alpha value is -2.62. The maximum atomic E-state index is 10.1. The molecular weight excluding hydrogens is 322 g/mol. The fourth-order valence-electron chi connectivity index (χ4n) is 2.18. The van der Waals surface area contributed by atoms with Crippen LogP contribution in [-0.2, 0) is 5.75 Å². The van der Waals surface area contributed by atoms with Crippen molar-refractivity contribution < 1.29 is 9.52 Å². The third-order valence-electron chi connectivity index (χ3n) is 3.39. The van der Waals surface area contributed by atoms with Crippen molar-refractivity contribution in [2.45, 2.75) is 11.9 Å². The van der Waals surface area contributed by atoms with Crippen LogP contribution in [-0.4, -0.2) is 21.1 Å². The summed E-state index contributed by atoms with van der Waals surface area (Å²) < 4.78 is 5.62. The molecule has 0 saturated carbocycles. The van der Waals surface area contributed by atoms with Crippen molar-refractivity contribution in [2.24, 2.45) is 0 Å². The second-order valence-corrected chi connectivity index (χ2v) is 6.17. The first-order valence-corrected chi connectivity index (χ1v) is 8.55. The lowest BCUT2D eigenvalue weighted by Crippen LogP contribution is -2.00. The van der Waals surface area contributed by atoms with Gasteiger partial charge in [0.1, 0.15) is 0 Å². The lowest BCUT2D eigenvalue weighted by atomic mass is 10.1. The molecule has 1 aromatic heterocycles. The number of nitrogens with zero attached hydrogens (tertiary/aromatic N) is 3. The predicted octanol–water partition coefficient (Wildman–Crippen LogP) is 3.58. The van der Waals surface area contributed by atoms with Crippen molar-refractivity contribution in [1.29, 1.82) is 5.26 Å². The Morgan fingerprint density at radius 3 is 2.75 bits per heavy atom. The molecule has 0 aliphatic rings. The molecular formula is C18H15N3O2S. The molecule has 1 N–H and O–H groups in total. The van der Waals surface area contributed by atoms with E-state index < -0.39 is 6.10 Å². The number of aliphatic hydroxyl groups excluding tert-OH is 1. The molecule has 0 amide bonds. The highest BCUT2D eigenvalue weighted by Gasteiger charge is 2.11. The Kier molecular flexibility index (Phi) is 5.26. The lowest BCUT2D eigenvalue weighted by molar-refractivity contribution is 0.204. The number of aliphatic hydroxyl groups is 1. The summed E-state index contributed by atoms with van der Waals surface area (Å²) in [5.74, 6) is 1.96. The third-order valence-corrected chi connectivity index (χ3v) is 4.39. The van der Waals surface area contributed by atoms with Crippen LogP contribution in [0.3, 0.4) is 0 Å². The Balaban J connectivity index is 1.57. The molecule has 3 rings (SSSR count). The van der Waals surface area contributed by atoms with E-state index in [4.69, 9.17) is 9.68 Å². The second-order valence-electron chi connectivity index (χ2n) is 5.14. The summed E-state index contributed by atoms with van der Waals surface area (Å²) >= 11 is 1.53. The third kappa shape index (κ3) is 4.02. The minimum absolute atomic E-state index is 0.395. The van der Waals surface area contributed by atoms with Crippen LogP contribution >= 0.6 is 11.8 Å². The van der Waals surface area contributed by atoms with Crippen molar-refractivity contribution in [3.8, 4) is 17.5 Å². The van der Waals surface area contributed by atoms with Crippen molar-refractivity contribution in [1.82, 2.24) is 10.2 Å². The van der Waals surface area contributed by atoms with E-state index in [0.717, 1.165) is 11.1 Å². The Morgan fingerprint density at radius 1 is 1.12 bits per heavy atom. The van der Waals surface area contributed by atoms with Crippen molar-refractivity contribution >= 4 is 11.8 Å². The minimum Gasteiger partial charge on any atom is -0.420 e. The lowest BCUT2D eigenvalue weighted by Gasteiger charge is -2.09. The van der Waals surface area contributed by atoms with Gasteiger partial charge in [0.05, 0.1) is 23.5 Å². The molecule has 1 atom stereocenters. The number of thioether (sulfide) groups is 1. The van der Waals surface area contributed by atoms with E-state index in [9.17, 15) is 5.11 Å². The van der Waals surface area contributed by atoms with Gasteiger partial charge in [0.25, 0.3) is 0 Å². The maximum absolute atomic E-state index is 10.1. The number of rotatable bonds is 6. The van der Waals surface area contributed by atoms with E-state index in [0.29, 0.717) is 28.9 Å². The molecule has 0 aliphatic heterocycles. The van der Waals surface area contributed by atoms with Crippen molar-refractivity contribution in [3.05, 3.63) is 71.6 Å². The quantitative estimate of drug-likeness (QED) is 0.740. The van der Waals surface area contributed by atoms with Crippen molar-refractivity contribution in [3.63, 3.8) is 0 Å². The van der Waals surface area contributed by atoms with Crippen LogP contribution in [0.1, 0.15) is 23.1 Å². The molecule has 0 fully saturated rings. The molecule has 0 saturated heterocycles. The fourth-order valence-corrected chi connectivity index (χ4v) is 3.00. The highest BCUT2D eigenvalue weighted by molar-refractivity contribution is 7.98. The predicted molar refractivity (Wildman–Crippen MR) is 92.0 cm³/mol. The van der Waals surface area contributed by atoms with Gasteiger partial charge in [0, 0.05) is 11.3 Å². The van der Waals surface area contributed by atoms with Gasteiger partial charge in [-0.25, -0.2) is 0 Å². The van der Waals surface area contributed by atoms with Crippen LogP contribution in [0, 0.1) is 11.3 Å². The molecule has 3 aromatic rings. The Bertz CT molecular complexity index is 843. The first kappa shape index (κ1) is 16.2. The SMILES string of the molecule is N#Cc1cccc(-c2nnc(CSCC(O)c3ccccc3)o2)c1. The zero-order chi connectivity index (χ0) is 16.8. The molecule has 0 spiro atoms. The molecule has 1 unspecified atom stereocenters. The van der Waals surface area contributed by atoms with Gasteiger partial charge in [-0.3, -0.25) is 0 Å². The summed E-state index contributed by atoms with van der Waals surface area (Å²) in [5, 5.41) is 27.1. The summed E-state index contributed by atoms with van der Waals surface area (Å²) in [6.45, 7) is 0. The molecule has 24 heavy (non-hydrogen) atoms. The minimum atomic E-state index is -0.522.